The molecule has 0 aromatic carbocycles. The monoisotopic (exact) mass is 257 g/mol. The van der Waals surface area contributed by atoms with Crippen LogP contribution in [0.4, 0.5) is 5.82 Å². The van der Waals surface area contributed by atoms with Crippen LogP contribution in [-0.2, 0) is 11.8 Å². The van der Waals surface area contributed by atoms with E-state index in [1.165, 1.54) is 44.1 Å². The first-order valence-corrected chi connectivity index (χ1v) is 7.80. The highest BCUT2D eigenvalue weighted by atomic mass is 14.9. The van der Waals surface area contributed by atoms with Gasteiger partial charge in [0.15, 0.2) is 0 Å². The number of hydrogen-bond donors (Lipinski definition) is 1. The number of hydrogen-bond acceptors (Lipinski definition) is 3. The Morgan fingerprint density at radius 3 is 2.21 bits per heavy atom. The Bertz CT molecular complexity index is 473. The van der Waals surface area contributed by atoms with E-state index < -0.39 is 0 Å². The predicted molar refractivity (Wildman–Crippen MR) is 75.7 cm³/mol. The van der Waals surface area contributed by atoms with Crippen molar-refractivity contribution in [1.29, 1.82) is 0 Å². The summed E-state index contributed by atoms with van der Waals surface area (Å²) in [4.78, 5) is 9.04. The van der Waals surface area contributed by atoms with Crippen molar-refractivity contribution >= 4 is 5.82 Å². The Balaban J connectivity index is 1.75. The summed E-state index contributed by atoms with van der Waals surface area (Å²) in [5.41, 5.74) is 7.86. The molecule has 2 N–H and O–H groups in total. The average Bonchev–Trinajstić information content (AvgIpc) is 2.36. The van der Waals surface area contributed by atoms with Gasteiger partial charge in [0.2, 0.25) is 0 Å². The molecule has 0 spiro atoms. The molecule has 0 aliphatic heterocycles. The number of aryl methyl sites for hydroxylation is 1. The Morgan fingerprint density at radius 2 is 1.74 bits per heavy atom. The molecule has 0 saturated heterocycles. The van der Waals surface area contributed by atoms with Gasteiger partial charge in [-0.05, 0) is 56.3 Å². The molecule has 3 nitrogen and oxygen atoms in total. The SMILES string of the molecule is CCc1ncc(C23CC4CC(CC(C4)C2)C3)c(N)n1. The van der Waals surface area contributed by atoms with Crippen LogP contribution in [0.3, 0.4) is 0 Å². The topological polar surface area (TPSA) is 51.8 Å². The van der Waals surface area contributed by atoms with Gasteiger partial charge in [-0.2, -0.15) is 0 Å². The summed E-state index contributed by atoms with van der Waals surface area (Å²) in [6.45, 7) is 2.08. The molecule has 0 unspecified atom stereocenters. The first kappa shape index (κ1) is 11.7. The third-order valence-corrected chi connectivity index (χ3v) is 5.79. The van der Waals surface area contributed by atoms with Crippen molar-refractivity contribution in [3.05, 3.63) is 17.6 Å². The van der Waals surface area contributed by atoms with Crippen molar-refractivity contribution in [3.63, 3.8) is 0 Å². The van der Waals surface area contributed by atoms with Crippen molar-refractivity contribution in [3.8, 4) is 0 Å². The normalized spacial score (nSPS) is 39.7. The van der Waals surface area contributed by atoms with Crippen molar-refractivity contribution in [2.75, 3.05) is 5.73 Å². The quantitative estimate of drug-likeness (QED) is 0.885. The summed E-state index contributed by atoms with van der Waals surface area (Å²) >= 11 is 0. The minimum absolute atomic E-state index is 0.325. The highest BCUT2D eigenvalue weighted by Crippen LogP contribution is 2.61. The molecule has 3 heteroatoms. The van der Waals surface area contributed by atoms with Crippen LogP contribution in [0, 0.1) is 17.8 Å². The minimum atomic E-state index is 0.325. The lowest BCUT2D eigenvalue weighted by Crippen LogP contribution is -2.49. The Hall–Kier alpha value is -1.12. The van der Waals surface area contributed by atoms with E-state index in [0.717, 1.165) is 35.8 Å². The largest absolute Gasteiger partial charge is 0.383 e. The maximum absolute atomic E-state index is 6.27. The molecule has 102 valence electrons. The second-order valence-corrected chi connectivity index (χ2v) is 7.14. The van der Waals surface area contributed by atoms with Gasteiger partial charge in [-0.3, -0.25) is 0 Å². The smallest absolute Gasteiger partial charge is 0.130 e. The van der Waals surface area contributed by atoms with Gasteiger partial charge in [0.25, 0.3) is 0 Å². The maximum atomic E-state index is 6.27. The van der Waals surface area contributed by atoms with Gasteiger partial charge in [-0.1, -0.05) is 6.92 Å². The molecule has 4 saturated carbocycles. The van der Waals surface area contributed by atoms with Gasteiger partial charge in [0.1, 0.15) is 11.6 Å². The molecule has 4 bridgehead atoms. The molecule has 0 radical (unpaired) electrons. The molecule has 4 aliphatic rings. The van der Waals surface area contributed by atoms with Gasteiger partial charge in [-0.15, -0.1) is 0 Å². The molecule has 1 heterocycles. The van der Waals surface area contributed by atoms with E-state index in [9.17, 15) is 0 Å². The molecular weight excluding hydrogens is 234 g/mol. The van der Waals surface area contributed by atoms with Gasteiger partial charge in [0, 0.05) is 23.6 Å². The lowest BCUT2D eigenvalue weighted by molar-refractivity contribution is -0.00512. The number of rotatable bonds is 2. The lowest BCUT2D eigenvalue weighted by atomic mass is 9.48. The van der Waals surface area contributed by atoms with Crippen LogP contribution in [-0.4, -0.2) is 9.97 Å². The van der Waals surface area contributed by atoms with E-state index in [1.54, 1.807) is 0 Å². The number of anilines is 1. The highest BCUT2D eigenvalue weighted by molar-refractivity contribution is 5.45. The lowest BCUT2D eigenvalue weighted by Gasteiger charge is -2.57. The van der Waals surface area contributed by atoms with Gasteiger partial charge < -0.3 is 5.73 Å². The summed E-state index contributed by atoms with van der Waals surface area (Å²) in [5, 5.41) is 0. The molecule has 0 atom stereocenters. The van der Waals surface area contributed by atoms with Crippen LogP contribution in [0.15, 0.2) is 6.20 Å². The van der Waals surface area contributed by atoms with Crippen molar-refractivity contribution in [1.82, 2.24) is 9.97 Å². The Kier molecular flexibility index (Phi) is 2.42. The van der Waals surface area contributed by atoms with Crippen LogP contribution in [0.5, 0.6) is 0 Å². The summed E-state index contributed by atoms with van der Waals surface area (Å²) < 4.78 is 0. The third-order valence-electron chi connectivity index (χ3n) is 5.79. The number of nitrogens with zero attached hydrogens (tertiary/aromatic N) is 2. The summed E-state index contributed by atoms with van der Waals surface area (Å²) in [5.74, 6) is 4.46. The minimum Gasteiger partial charge on any atom is -0.383 e. The van der Waals surface area contributed by atoms with Gasteiger partial charge in [0.05, 0.1) is 0 Å². The number of nitrogen functional groups attached to an aromatic ring is 1. The second kappa shape index (κ2) is 3.94. The fourth-order valence-corrected chi connectivity index (χ4v) is 5.45. The molecule has 1 aromatic rings. The van der Waals surface area contributed by atoms with Crippen LogP contribution in [0.25, 0.3) is 0 Å². The summed E-state index contributed by atoms with van der Waals surface area (Å²) in [6, 6.07) is 0. The molecule has 1 aromatic heterocycles. The summed E-state index contributed by atoms with van der Waals surface area (Å²) in [7, 11) is 0. The third kappa shape index (κ3) is 1.70. The predicted octanol–water partition coefficient (Wildman–Crippen LogP) is 3.09. The maximum Gasteiger partial charge on any atom is 0.130 e. The molecule has 4 fully saturated rings. The van der Waals surface area contributed by atoms with E-state index in [1.807, 2.05) is 6.20 Å². The Labute approximate surface area is 115 Å². The van der Waals surface area contributed by atoms with E-state index in [0.29, 0.717) is 5.41 Å². The zero-order valence-electron chi connectivity index (χ0n) is 11.7. The van der Waals surface area contributed by atoms with Crippen LogP contribution < -0.4 is 5.73 Å². The zero-order chi connectivity index (χ0) is 13.0. The average molecular weight is 257 g/mol. The van der Waals surface area contributed by atoms with Crippen LogP contribution >= 0.6 is 0 Å². The fourth-order valence-electron chi connectivity index (χ4n) is 5.45. The van der Waals surface area contributed by atoms with Crippen molar-refractivity contribution in [2.24, 2.45) is 17.8 Å². The van der Waals surface area contributed by atoms with Crippen molar-refractivity contribution < 1.29 is 0 Å². The fraction of sp³-hybridized carbons (Fsp3) is 0.750. The van der Waals surface area contributed by atoms with Crippen LogP contribution in [0.2, 0.25) is 0 Å². The highest BCUT2D eigenvalue weighted by Gasteiger charge is 2.52. The first-order chi connectivity index (χ1) is 9.18. The molecular formula is C16H23N3. The zero-order valence-corrected chi connectivity index (χ0v) is 11.7. The molecule has 19 heavy (non-hydrogen) atoms. The summed E-state index contributed by atoms with van der Waals surface area (Å²) in [6.07, 6.45) is 11.3. The molecule has 0 amide bonds. The second-order valence-electron chi connectivity index (χ2n) is 7.14. The molecule has 4 aliphatic carbocycles. The first-order valence-electron chi connectivity index (χ1n) is 7.80. The molecule has 5 rings (SSSR count). The van der Waals surface area contributed by atoms with E-state index >= 15 is 0 Å². The standard InChI is InChI=1S/C16H23N3/c1-2-14-18-9-13(15(17)19-14)16-6-10-3-11(7-16)5-12(4-10)8-16/h9-12H,2-8H2,1H3,(H2,17,18,19). The Morgan fingerprint density at radius 1 is 1.16 bits per heavy atom. The van der Waals surface area contributed by atoms with E-state index in [4.69, 9.17) is 5.73 Å². The van der Waals surface area contributed by atoms with E-state index in [-0.39, 0.29) is 0 Å². The van der Waals surface area contributed by atoms with Crippen molar-refractivity contribution in [2.45, 2.75) is 57.3 Å². The van der Waals surface area contributed by atoms with Crippen LogP contribution in [0.1, 0.15) is 56.8 Å². The van der Waals surface area contributed by atoms with Gasteiger partial charge in [-0.25, -0.2) is 9.97 Å². The number of aromatic nitrogens is 2. The number of nitrogens with two attached hydrogens (primary N) is 1. The van der Waals surface area contributed by atoms with Gasteiger partial charge >= 0.3 is 0 Å². The van der Waals surface area contributed by atoms with E-state index in [2.05, 4.69) is 16.9 Å².